The molecule has 120 valence electrons. The quantitative estimate of drug-likeness (QED) is 0.730. The second-order valence-electron chi connectivity index (χ2n) is 6.07. The molecule has 0 spiro atoms. The number of likely N-dealkylation sites (tertiary alicyclic amines) is 1. The normalized spacial score (nSPS) is 18.5. The van der Waals surface area contributed by atoms with Gasteiger partial charge in [0, 0.05) is 18.5 Å². The summed E-state index contributed by atoms with van der Waals surface area (Å²) in [6.07, 6.45) is 2.63. The first-order valence-electron chi connectivity index (χ1n) is 7.70. The van der Waals surface area contributed by atoms with Crippen molar-refractivity contribution in [3.05, 3.63) is 0 Å². The summed E-state index contributed by atoms with van der Waals surface area (Å²) >= 11 is 0. The molecular weight excluding hydrogens is 270 g/mol. The molecule has 0 saturated carbocycles. The Labute approximate surface area is 126 Å². The Bertz CT molecular complexity index is 407. The van der Waals surface area contributed by atoms with Crippen molar-refractivity contribution < 1.29 is 14.4 Å². The van der Waals surface area contributed by atoms with Crippen molar-refractivity contribution in [3.8, 4) is 0 Å². The summed E-state index contributed by atoms with van der Waals surface area (Å²) in [5.74, 6) is -0.447. The van der Waals surface area contributed by atoms with Crippen LogP contribution in [0.15, 0.2) is 0 Å². The number of nitrogens with one attached hydrogen (secondary N) is 2. The molecule has 3 amide bonds. The second kappa shape index (κ2) is 7.43. The predicted octanol–water partition coefficient (Wildman–Crippen LogP) is 0.808. The van der Waals surface area contributed by atoms with Crippen molar-refractivity contribution in [3.63, 3.8) is 0 Å². The van der Waals surface area contributed by atoms with Gasteiger partial charge in [0.1, 0.15) is 6.04 Å². The van der Waals surface area contributed by atoms with E-state index in [0.29, 0.717) is 19.4 Å². The fraction of sp³-hybridized carbons (Fsp3) is 0.800. The molecule has 1 unspecified atom stereocenters. The van der Waals surface area contributed by atoms with Gasteiger partial charge in [0.15, 0.2) is 0 Å². The number of carbonyl (C=O) groups is 3. The lowest BCUT2D eigenvalue weighted by Gasteiger charge is -2.37. The van der Waals surface area contributed by atoms with Crippen LogP contribution in [0.2, 0.25) is 0 Å². The highest BCUT2D eigenvalue weighted by molar-refractivity contribution is 5.91. The number of hydrogen-bond acceptors (Lipinski definition) is 3. The Balaban J connectivity index is 2.61. The number of carbonyl (C=O) groups excluding carboxylic acids is 3. The van der Waals surface area contributed by atoms with Gasteiger partial charge < -0.3 is 15.5 Å². The smallest absolute Gasteiger partial charge is 0.243 e. The Morgan fingerprint density at radius 1 is 1.29 bits per heavy atom. The van der Waals surface area contributed by atoms with E-state index in [4.69, 9.17) is 0 Å². The van der Waals surface area contributed by atoms with Crippen LogP contribution in [0.4, 0.5) is 0 Å². The van der Waals surface area contributed by atoms with Gasteiger partial charge in [-0.1, -0.05) is 13.8 Å². The van der Waals surface area contributed by atoms with Crippen LogP contribution in [0.3, 0.4) is 0 Å². The first-order chi connectivity index (χ1) is 9.83. The van der Waals surface area contributed by atoms with Gasteiger partial charge in [-0.25, -0.2) is 0 Å². The molecule has 6 nitrogen and oxygen atoms in total. The molecule has 1 atom stereocenters. The molecule has 0 aliphatic carbocycles. The van der Waals surface area contributed by atoms with Gasteiger partial charge in [-0.2, -0.15) is 0 Å². The van der Waals surface area contributed by atoms with E-state index in [0.717, 1.165) is 12.8 Å². The Hall–Kier alpha value is -1.59. The average molecular weight is 297 g/mol. The SMILES string of the molecule is CCCNC(=O)CNC(=O)C(CC)N1C(=O)CCC1(C)C. The predicted molar refractivity (Wildman–Crippen MR) is 80.5 cm³/mol. The topological polar surface area (TPSA) is 78.5 Å². The van der Waals surface area contributed by atoms with E-state index in [2.05, 4.69) is 10.6 Å². The number of hydrogen-bond donors (Lipinski definition) is 2. The third-order valence-electron chi connectivity index (χ3n) is 3.87. The molecule has 0 radical (unpaired) electrons. The number of rotatable bonds is 7. The molecule has 21 heavy (non-hydrogen) atoms. The molecular formula is C15H27N3O3. The summed E-state index contributed by atoms with van der Waals surface area (Å²) in [5.41, 5.74) is -0.306. The fourth-order valence-electron chi connectivity index (χ4n) is 2.68. The van der Waals surface area contributed by atoms with E-state index in [-0.39, 0.29) is 29.8 Å². The Morgan fingerprint density at radius 2 is 1.95 bits per heavy atom. The van der Waals surface area contributed by atoms with Crippen molar-refractivity contribution in [1.29, 1.82) is 0 Å². The number of amides is 3. The average Bonchev–Trinajstić information content (AvgIpc) is 2.70. The van der Waals surface area contributed by atoms with Crippen LogP contribution in [-0.2, 0) is 14.4 Å². The highest BCUT2D eigenvalue weighted by Crippen LogP contribution is 2.32. The van der Waals surface area contributed by atoms with E-state index in [1.165, 1.54) is 0 Å². The third kappa shape index (κ3) is 4.44. The van der Waals surface area contributed by atoms with E-state index in [1.807, 2.05) is 27.7 Å². The molecule has 1 heterocycles. The van der Waals surface area contributed by atoms with Crippen molar-refractivity contribution in [2.24, 2.45) is 0 Å². The van der Waals surface area contributed by atoms with Crippen molar-refractivity contribution in [2.45, 2.75) is 65.0 Å². The highest BCUT2D eigenvalue weighted by Gasteiger charge is 2.43. The first kappa shape index (κ1) is 17.5. The summed E-state index contributed by atoms with van der Waals surface area (Å²) < 4.78 is 0. The third-order valence-corrected chi connectivity index (χ3v) is 3.87. The largest absolute Gasteiger partial charge is 0.355 e. The molecule has 1 saturated heterocycles. The van der Waals surface area contributed by atoms with E-state index in [1.54, 1.807) is 4.90 Å². The van der Waals surface area contributed by atoms with Crippen LogP contribution in [-0.4, -0.2) is 47.3 Å². The fourth-order valence-corrected chi connectivity index (χ4v) is 2.68. The van der Waals surface area contributed by atoms with Crippen LogP contribution in [0.25, 0.3) is 0 Å². The summed E-state index contributed by atoms with van der Waals surface area (Å²) in [5, 5.41) is 5.34. The molecule has 1 rings (SSSR count). The summed E-state index contributed by atoms with van der Waals surface area (Å²) in [4.78, 5) is 37.5. The zero-order valence-corrected chi connectivity index (χ0v) is 13.5. The maximum absolute atomic E-state index is 12.3. The van der Waals surface area contributed by atoms with Crippen LogP contribution in [0.1, 0.15) is 53.4 Å². The zero-order chi connectivity index (χ0) is 16.0. The van der Waals surface area contributed by atoms with Gasteiger partial charge in [0.25, 0.3) is 0 Å². The van der Waals surface area contributed by atoms with Gasteiger partial charge >= 0.3 is 0 Å². The van der Waals surface area contributed by atoms with Crippen LogP contribution in [0.5, 0.6) is 0 Å². The summed E-state index contributed by atoms with van der Waals surface area (Å²) in [6.45, 7) is 8.35. The second-order valence-corrected chi connectivity index (χ2v) is 6.07. The van der Waals surface area contributed by atoms with Gasteiger partial charge in [-0.05, 0) is 33.1 Å². The molecule has 1 aliphatic heterocycles. The minimum absolute atomic E-state index is 0.0115. The minimum atomic E-state index is -0.506. The van der Waals surface area contributed by atoms with Crippen molar-refractivity contribution >= 4 is 17.7 Å². The molecule has 1 fully saturated rings. The highest BCUT2D eigenvalue weighted by atomic mass is 16.2. The summed E-state index contributed by atoms with van der Waals surface area (Å²) in [7, 11) is 0. The van der Waals surface area contributed by atoms with Crippen LogP contribution >= 0.6 is 0 Å². The molecule has 1 aliphatic rings. The van der Waals surface area contributed by atoms with Gasteiger partial charge in [0.2, 0.25) is 17.7 Å². The van der Waals surface area contributed by atoms with Crippen molar-refractivity contribution in [1.82, 2.24) is 15.5 Å². The lowest BCUT2D eigenvalue weighted by Crippen LogP contribution is -2.55. The molecule has 0 bridgehead atoms. The van der Waals surface area contributed by atoms with Gasteiger partial charge in [-0.15, -0.1) is 0 Å². The van der Waals surface area contributed by atoms with E-state index in [9.17, 15) is 14.4 Å². The first-order valence-corrected chi connectivity index (χ1v) is 7.70. The molecule has 0 aromatic heterocycles. The van der Waals surface area contributed by atoms with Gasteiger partial charge in [0.05, 0.1) is 6.54 Å². The molecule has 2 N–H and O–H groups in total. The number of nitrogens with zero attached hydrogens (tertiary/aromatic N) is 1. The maximum atomic E-state index is 12.3. The lowest BCUT2D eigenvalue weighted by atomic mass is 9.99. The van der Waals surface area contributed by atoms with E-state index >= 15 is 0 Å². The Kier molecular flexibility index (Phi) is 6.18. The molecule has 6 heteroatoms. The summed E-state index contributed by atoms with van der Waals surface area (Å²) in [6, 6.07) is -0.506. The van der Waals surface area contributed by atoms with E-state index < -0.39 is 6.04 Å². The monoisotopic (exact) mass is 297 g/mol. The van der Waals surface area contributed by atoms with Crippen molar-refractivity contribution in [2.75, 3.05) is 13.1 Å². The molecule has 0 aromatic rings. The maximum Gasteiger partial charge on any atom is 0.243 e. The van der Waals surface area contributed by atoms with Crippen LogP contribution < -0.4 is 10.6 Å². The van der Waals surface area contributed by atoms with Crippen LogP contribution in [0, 0.1) is 0 Å². The minimum Gasteiger partial charge on any atom is -0.355 e. The Morgan fingerprint density at radius 3 is 2.43 bits per heavy atom. The van der Waals surface area contributed by atoms with Gasteiger partial charge in [-0.3, -0.25) is 14.4 Å². The molecule has 0 aromatic carbocycles. The lowest BCUT2D eigenvalue weighted by molar-refractivity contribution is -0.141. The standard InChI is InChI=1S/C15H27N3O3/c1-5-9-16-12(19)10-17-14(21)11(6-2)18-13(20)7-8-15(18,3)4/h11H,5-10H2,1-4H3,(H,16,19)(H,17,21). The zero-order valence-electron chi connectivity index (χ0n) is 13.5.